The maximum absolute atomic E-state index is 14.4. The van der Waals surface area contributed by atoms with Crippen LogP contribution in [0.1, 0.15) is 93.9 Å². The van der Waals surface area contributed by atoms with Gasteiger partial charge in [0.05, 0.1) is 30.4 Å². The van der Waals surface area contributed by atoms with Crippen molar-refractivity contribution in [3.63, 3.8) is 0 Å². The Bertz CT molecular complexity index is 1450. The van der Waals surface area contributed by atoms with Crippen molar-refractivity contribution in [2.45, 2.75) is 109 Å². The zero-order chi connectivity index (χ0) is 34.3. The van der Waals surface area contributed by atoms with Crippen LogP contribution in [0.2, 0.25) is 0 Å². The number of aryl methyl sites for hydroxylation is 2. The van der Waals surface area contributed by atoms with Gasteiger partial charge in [-0.3, -0.25) is 14.3 Å². The first-order valence-corrected chi connectivity index (χ1v) is 18.4. The van der Waals surface area contributed by atoms with Crippen LogP contribution in [0.3, 0.4) is 0 Å². The summed E-state index contributed by atoms with van der Waals surface area (Å²) >= 11 is 0. The van der Waals surface area contributed by atoms with Crippen molar-refractivity contribution in [3.8, 4) is 5.75 Å². The number of nitrogens with one attached hydrogen (secondary N) is 1. The van der Waals surface area contributed by atoms with E-state index in [4.69, 9.17) is 14.0 Å². The van der Waals surface area contributed by atoms with Crippen LogP contribution in [0, 0.1) is 25.7 Å². The van der Waals surface area contributed by atoms with Crippen LogP contribution in [-0.4, -0.2) is 91.9 Å². The number of hydrogen-bond donors (Lipinski definition) is 2. The Hall–Kier alpha value is -3.16. The Morgan fingerprint density at radius 2 is 1.83 bits per heavy atom. The lowest BCUT2D eigenvalue weighted by Crippen LogP contribution is -2.48. The molecule has 0 bridgehead atoms. The summed E-state index contributed by atoms with van der Waals surface area (Å²) in [5.41, 5.74) is 0.562. The average molecular weight is 677 g/mol. The largest absolute Gasteiger partial charge is 0.490 e. The highest BCUT2D eigenvalue weighted by atomic mass is 32.2. The number of fused-ring (bicyclic) bond motifs is 1. The molecule has 1 aromatic heterocycles. The monoisotopic (exact) mass is 676 g/mol. The van der Waals surface area contributed by atoms with Crippen molar-refractivity contribution in [2.75, 3.05) is 38.1 Å². The predicted octanol–water partition coefficient (Wildman–Crippen LogP) is 4.93. The van der Waals surface area contributed by atoms with Crippen molar-refractivity contribution in [1.82, 2.24) is 15.0 Å². The second-order valence-corrected chi connectivity index (χ2v) is 14.9. The molecule has 0 unspecified atom stereocenters. The number of aliphatic hydroxyl groups is 1. The Morgan fingerprint density at radius 1 is 1.13 bits per heavy atom. The van der Waals surface area contributed by atoms with E-state index in [0.717, 1.165) is 38.5 Å². The maximum atomic E-state index is 14.4. The molecule has 1 fully saturated rings. The summed E-state index contributed by atoms with van der Waals surface area (Å²) in [6.45, 7) is 9.62. The summed E-state index contributed by atoms with van der Waals surface area (Å²) in [4.78, 5) is 31.0. The standard InChI is InChI=1S/C34H52N4O8S/c1-22-19-38(23(2)21-39)34(41)29-18-28(36-47(42,43)32-25(4)35-46-26(32)5)15-16-30(29)45-24(3)12-10-11-17-44-31(22)20-37(6)33(40)27-13-8-7-9-14-27/h15-16,18,22-24,27,31,36,39H,7-14,17,19-21H2,1-6H3/t22-,23+,24-,31-/m1/s1. The Kier molecular flexibility index (Phi) is 12.7. The Balaban J connectivity index is 1.65. The van der Waals surface area contributed by atoms with Gasteiger partial charge in [-0.1, -0.05) is 31.3 Å². The number of rotatable bonds is 8. The van der Waals surface area contributed by atoms with Crippen molar-refractivity contribution in [1.29, 1.82) is 0 Å². The molecule has 0 spiro atoms. The van der Waals surface area contributed by atoms with E-state index in [1.54, 1.807) is 35.8 Å². The van der Waals surface area contributed by atoms with E-state index in [-0.39, 0.29) is 70.7 Å². The summed E-state index contributed by atoms with van der Waals surface area (Å²) in [7, 11) is -2.24. The molecule has 1 aliphatic heterocycles. The molecule has 2 amide bonds. The van der Waals surface area contributed by atoms with Crippen molar-refractivity contribution in [3.05, 3.63) is 35.2 Å². The predicted molar refractivity (Wildman–Crippen MR) is 178 cm³/mol. The van der Waals surface area contributed by atoms with Gasteiger partial charge in [-0.05, 0) is 78.0 Å². The lowest BCUT2D eigenvalue weighted by Gasteiger charge is -2.36. The number of aromatic nitrogens is 1. The summed E-state index contributed by atoms with van der Waals surface area (Å²) in [5.74, 6) is 0.0540. The number of hydrogen-bond acceptors (Lipinski definition) is 9. The Labute approximate surface area is 279 Å². The number of benzene rings is 1. The highest BCUT2D eigenvalue weighted by Crippen LogP contribution is 2.31. The van der Waals surface area contributed by atoms with Crippen LogP contribution in [0.15, 0.2) is 27.6 Å². The summed E-state index contributed by atoms with van der Waals surface area (Å²) in [5, 5.41) is 14.0. The van der Waals surface area contributed by atoms with Crippen molar-refractivity contribution in [2.24, 2.45) is 11.8 Å². The van der Waals surface area contributed by atoms with Crippen LogP contribution in [0.25, 0.3) is 0 Å². The summed E-state index contributed by atoms with van der Waals surface area (Å²) in [6, 6.07) is 4.07. The van der Waals surface area contributed by atoms with Gasteiger partial charge in [-0.15, -0.1) is 0 Å². The molecule has 12 nitrogen and oxygen atoms in total. The molecule has 2 N–H and O–H groups in total. The normalized spacial score (nSPS) is 22.9. The van der Waals surface area contributed by atoms with E-state index in [9.17, 15) is 23.1 Å². The second-order valence-electron chi connectivity index (χ2n) is 13.3. The molecule has 4 atom stereocenters. The van der Waals surface area contributed by atoms with Crippen molar-refractivity contribution < 1.29 is 37.1 Å². The zero-order valence-corrected chi connectivity index (χ0v) is 29.5. The molecule has 13 heteroatoms. The number of likely N-dealkylation sites (N-methyl/N-ethyl adjacent to an activating group) is 1. The number of carbonyl (C=O) groups excluding carboxylic acids is 2. The lowest BCUT2D eigenvalue weighted by molar-refractivity contribution is -0.137. The van der Waals surface area contributed by atoms with Gasteiger partial charge in [0.25, 0.3) is 15.9 Å². The molecule has 1 saturated carbocycles. The van der Waals surface area contributed by atoms with Gasteiger partial charge in [-0.2, -0.15) is 0 Å². The van der Waals surface area contributed by atoms with Crippen LogP contribution in [0.4, 0.5) is 5.69 Å². The van der Waals surface area contributed by atoms with Crippen LogP contribution in [0.5, 0.6) is 5.75 Å². The quantitative estimate of drug-likeness (QED) is 0.397. The van der Waals surface area contributed by atoms with E-state index in [2.05, 4.69) is 9.88 Å². The minimum Gasteiger partial charge on any atom is -0.490 e. The van der Waals surface area contributed by atoms with E-state index in [1.165, 1.54) is 19.4 Å². The molecule has 2 heterocycles. The zero-order valence-electron chi connectivity index (χ0n) is 28.7. The molecule has 4 rings (SSSR count). The molecule has 262 valence electrons. The number of nitrogens with zero attached hydrogens (tertiary/aromatic N) is 3. The Morgan fingerprint density at radius 3 is 2.49 bits per heavy atom. The van der Waals surface area contributed by atoms with Crippen molar-refractivity contribution >= 4 is 27.5 Å². The average Bonchev–Trinajstić information content (AvgIpc) is 3.40. The SMILES string of the molecule is Cc1noc(C)c1S(=O)(=O)Nc1ccc2c(c1)C(=O)N([C@@H](C)CO)C[C@@H](C)[C@@H](CN(C)C(=O)C1CCCCC1)OCCCC[C@@H](C)O2. The van der Waals surface area contributed by atoms with Gasteiger partial charge >= 0.3 is 0 Å². The molecule has 2 aliphatic rings. The summed E-state index contributed by atoms with van der Waals surface area (Å²) < 4.78 is 46.9. The topological polar surface area (TPSA) is 152 Å². The highest BCUT2D eigenvalue weighted by molar-refractivity contribution is 7.92. The summed E-state index contributed by atoms with van der Waals surface area (Å²) in [6.07, 6.45) is 6.94. The highest BCUT2D eigenvalue weighted by Gasteiger charge is 2.33. The van der Waals surface area contributed by atoms with Crippen LogP contribution in [-0.2, 0) is 19.6 Å². The maximum Gasteiger partial charge on any atom is 0.267 e. The van der Waals surface area contributed by atoms with Gasteiger partial charge < -0.3 is 28.9 Å². The number of ether oxygens (including phenoxy) is 2. The molecular formula is C34H52N4O8S. The first-order chi connectivity index (χ1) is 22.3. The third-order valence-corrected chi connectivity index (χ3v) is 10.9. The molecule has 1 aliphatic carbocycles. The third-order valence-electron chi connectivity index (χ3n) is 9.32. The number of sulfonamides is 1. The number of aliphatic hydroxyl groups excluding tert-OH is 1. The minimum absolute atomic E-state index is 0.0391. The van der Waals surface area contributed by atoms with Crippen LogP contribution >= 0.6 is 0 Å². The molecule has 47 heavy (non-hydrogen) atoms. The third kappa shape index (κ3) is 9.26. The fraction of sp³-hybridized carbons (Fsp3) is 0.676. The van der Waals surface area contributed by atoms with E-state index < -0.39 is 22.0 Å². The second kappa shape index (κ2) is 16.3. The first kappa shape index (κ1) is 36.7. The number of carbonyl (C=O) groups is 2. The van der Waals surface area contributed by atoms with Crippen LogP contribution < -0.4 is 9.46 Å². The molecule has 2 aromatic rings. The molecule has 0 radical (unpaired) electrons. The van der Waals surface area contributed by atoms with Gasteiger partial charge in [0, 0.05) is 44.3 Å². The van der Waals surface area contributed by atoms with Gasteiger partial charge in [0.2, 0.25) is 5.91 Å². The minimum atomic E-state index is -4.07. The fourth-order valence-electron chi connectivity index (χ4n) is 6.53. The molecule has 0 saturated heterocycles. The smallest absolute Gasteiger partial charge is 0.267 e. The fourth-order valence-corrected chi connectivity index (χ4v) is 7.92. The van der Waals surface area contributed by atoms with E-state index >= 15 is 0 Å². The first-order valence-electron chi connectivity index (χ1n) is 16.9. The molecular weight excluding hydrogens is 624 g/mol. The van der Waals surface area contributed by atoms with E-state index in [1.807, 2.05) is 20.9 Å². The number of anilines is 1. The van der Waals surface area contributed by atoms with Gasteiger partial charge in [-0.25, -0.2) is 8.42 Å². The van der Waals surface area contributed by atoms with Gasteiger partial charge in [0.1, 0.15) is 11.4 Å². The van der Waals surface area contributed by atoms with Gasteiger partial charge in [0.15, 0.2) is 10.7 Å². The number of amides is 2. The molecule has 1 aromatic carbocycles. The van der Waals surface area contributed by atoms with E-state index in [0.29, 0.717) is 25.3 Å². The lowest BCUT2D eigenvalue weighted by atomic mass is 9.88.